The maximum Gasteiger partial charge on any atom is 0.292 e. The summed E-state index contributed by atoms with van der Waals surface area (Å²) in [5.74, 6) is -0.309. The van der Waals surface area contributed by atoms with E-state index < -0.39 is 11.5 Å². The number of carbonyl (C=O) groups excluding carboxylic acids is 1. The second-order valence-electron chi connectivity index (χ2n) is 6.10. The van der Waals surface area contributed by atoms with E-state index >= 15 is 0 Å². The minimum atomic E-state index is -0.675. The molecular formula is C21H16ClN5O3. The minimum absolute atomic E-state index is 0.111. The van der Waals surface area contributed by atoms with Gasteiger partial charge in [-0.1, -0.05) is 35.9 Å². The Morgan fingerprint density at radius 1 is 1.30 bits per heavy atom. The summed E-state index contributed by atoms with van der Waals surface area (Å²) in [5.41, 5.74) is 2.54. The molecule has 0 aliphatic rings. The van der Waals surface area contributed by atoms with Gasteiger partial charge in [0, 0.05) is 10.6 Å². The zero-order chi connectivity index (χ0) is 21.7. The highest BCUT2D eigenvalue weighted by Crippen LogP contribution is 2.21. The Labute approximate surface area is 177 Å². The topological polar surface area (TPSA) is 109 Å². The average molecular weight is 422 g/mol. The molecule has 3 aromatic rings. The quantitative estimate of drug-likeness (QED) is 0.503. The van der Waals surface area contributed by atoms with Crippen molar-refractivity contribution in [3.05, 3.63) is 86.3 Å². The first-order valence-corrected chi connectivity index (χ1v) is 9.10. The molecule has 0 saturated carbocycles. The number of para-hydroxylation sites is 2. The van der Waals surface area contributed by atoms with E-state index in [2.05, 4.69) is 15.6 Å². The molecule has 0 saturated heterocycles. The minimum Gasteiger partial charge on any atom is -0.494 e. The average Bonchev–Trinajstić information content (AvgIpc) is 2.74. The van der Waals surface area contributed by atoms with Gasteiger partial charge in [0.2, 0.25) is 0 Å². The number of ether oxygens (including phenoxy) is 1. The van der Waals surface area contributed by atoms with Crippen LogP contribution in [-0.2, 0) is 0 Å². The monoisotopic (exact) mass is 421 g/mol. The van der Waals surface area contributed by atoms with Crippen LogP contribution in [0.15, 0.2) is 58.4 Å². The lowest BCUT2D eigenvalue weighted by Crippen LogP contribution is -2.31. The zero-order valence-electron chi connectivity index (χ0n) is 16.1. The Morgan fingerprint density at radius 2 is 2.07 bits per heavy atom. The molecule has 3 rings (SSSR count). The Hall–Kier alpha value is -3.96. The highest BCUT2D eigenvalue weighted by Gasteiger charge is 2.21. The van der Waals surface area contributed by atoms with Crippen molar-refractivity contribution >= 4 is 23.7 Å². The first-order valence-electron chi connectivity index (χ1n) is 8.72. The van der Waals surface area contributed by atoms with Gasteiger partial charge in [0.05, 0.1) is 13.3 Å². The summed E-state index contributed by atoms with van der Waals surface area (Å²) in [6.07, 6.45) is 1.42. The van der Waals surface area contributed by atoms with Gasteiger partial charge in [-0.3, -0.25) is 9.59 Å². The number of aromatic nitrogens is 2. The maximum absolute atomic E-state index is 12.7. The molecule has 1 amide bonds. The van der Waals surface area contributed by atoms with Crippen molar-refractivity contribution in [3.8, 4) is 17.5 Å². The van der Waals surface area contributed by atoms with Gasteiger partial charge in [0.1, 0.15) is 23.1 Å². The van der Waals surface area contributed by atoms with Crippen molar-refractivity contribution in [2.24, 2.45) is 5.10 Å². The van der Waals surface area contributed by atoms with Crippen molar-refractivity contribution in [1.29, 1.82) is 5.26 Å². The third-order valence-electron chi connectivity index (χ3n) is 4.21. The summed E-state index contributed by atoms with van der Waals surface area (Å²) in [5, 5.41) is 18.1. The van der Waals surface area contributed by atoms with Crippen LogP contribution in [0, 0.1) is 18.3 Å². The molecule has 1 heterocycles. The smallest absolute Gasteiger partial charge is 0.292 e. The third-order valence-corrected chi connectivity index (χ3v) is 4.44. The molecule has 0 bridgehead atoms. The molecule has 150 valence electrons. The van der Waals surface area contributed by atoms with Crippen LogP contribution in [0.3, 0.4) is 0 Å². The Morgan fingerprint density at radius 3 is 2.77 bits per heavy atom. The van der Waals surface area contributed by atoms with Crippen LogP contribution in [0.25, 0.3) is 5.69 Å². The molecule has 8 nitrogen and oxygen atoms in total. The van der Waals surface area contributed by atoms with Gasteiger partial charge >= 0.3 is 0 Å². The van der Waals surface area contributed by atoms with E-state index in [0.29, 0.717) is 22.0 Å². The van der Waals surface area contributed by atoms with Gasteiger partial charge < -0.3 is 4.74 Å². The van der Waals surface area contributed by atoms with Gasteiger partial charge in [-0.25, -0.2) is 5.43 Å². The lowest BCUT2D eigenvalue weighted by molar-refractivity contribution is 0.0947. The van der Waals surface area contributed by atoms with Crippen molar-refractivity contribution in [2.45, 2.75) is 6.92 Å². The summed E-state index contributed by atoms with van der Waals surface area (Å²) in [6, 6.07) is 15.4. The molecule has 0 radical (unpaired) electrons. The summed E-state index contributed by atoms with van der Waals surface area (Å²) in [4.78, 5) is 25.4. The van der Waals surface area contributed by atoms with Crippen LogP contribution in [0.1, 0.15) is 27.2 Å². The maximum atomic E-state index is 12.7. The molecule has 1 N–H and O–H groups in total. The number of nitriles is 1. The predicted octanol–water partition coefficient (Wildman–Crippen LogP) is 2.84. The molecule has 0 spiro atoms. The normalized spacial score (nSPS) is 10.6. The van der Waals surface area contributed by atoms with Crippen molar-refractivity contribution in [1.82, 2.24) is 15.2 Å². The number of nitrogens with zero attached hydrogens (tertiary/aromatic N) is 4. The van der Waals surface area contributed by atoms with Gasteiger partial charge in [0.15, 0.2) is 5.69 Å². The molecule has 0 unspecified atom stereocenters. The van der Waals surface area contributed by atoms with Crippen molar-refractivity contribution in [2.75, 3.05) is 7.11 Å². The Bertz CT molecular complexity index is 1240. The highest BCUT2D eigenvalue weighted by molar-refractivity contribution is 6.30. The Kier molecular flexibility index (Phi) is 6.25. The van der Waals surface area contributed by atoms with E-state index in [1.54, 1.807) is 48.5 Å². The second kappa shape index (κ2) is 9.03. The third kappa shape index (κ3) is 4.21. The predicted molar refractivity (Wildman–Crippen MR) is 112 cm³/mol. The summed E-state index contributed by atoms with van der Waals surface area (Å²) in [7, 11) is 1.45. The molecule has 9 heteroatoms. The van der Waals surface area contributed by atoms with Crippen LogP contribution < -0.4 is 15.7 Å². The van der Waals surface area contributed by atoms with E-state index in [1.807, 2.05) is 6.07 Å². The standard InChI is InChI=1S/C21H16ClN5O3/c1-13-16(11-23)21(29)27(17-8-3-4-9-18(17)30-2)26-19(13)20(28)25-24-12-14-6-5-7-15(22)10-14/h3-10,12H,1-2H3,(H,25,28)/b24-12+. The molecule has 1 aromatic heterocycles. The fourth-order valence-corrected chi connectivity index (χ4v) is 2.92. The molecule has 0 aliphatic heterocycles. The summed E-state index contributed by atoms with van der Waals surface area (Å²) in [6.45, 7) is 1.48. The largest absolute Gasteiger partial charge is 0.494 e. The van der Waals surface area contributed by atoms with Crippen LogP contribution in [0.2, 0.25) is 5.02 Å². The zero-order valence-corrected chi connectivity index (χ0v) is 16.8. The molecule has 30 heavy (non-hydrogen) atoms. The van der Waals surface area contributed by atoms with Crippen LogP contribution >= 0.6 is 11.6 Å². The molecule has 0 atom stereocenters. The Balaban J connectivity index is 2.01. The molecule has 2 aromatic carbocycles. The molecule has 0 aliphatic carbocycles. The van der Waals surface area contributed by atoms with E-state index in [0.717, 1.165) is 4.68 Å². The lowest BCUT2D eigenvalue weighted by Gasteiger charge is -2.13. The van der Waals surface area contributed by atoms with Crippen molar-refractivity contribution in [3.63, 3.8) is 0 Å². The summed E-state index contributed by atoms with van der Waals surface area (Å²) >= 11 is 5.92. The van der Waals surface area contributed by atoms with E-state index in [9.17, 15) is 14.9 Å². The first-order chi connectivity index (χ1) is 14.5. The number of methoxy groups -OCH3 is 1. The van der Waals surface area contributed by atoms with E-state index in [1.165, 1.54) is 20.2 Å². The fourth-order valence-electron chi connectivity index (χ4n) is 2.73. The number of hydrazone groups is 1. The fraction of sp³-hybridized carbons (Fsp3) is 0.0952. The van der Waals surface area contributed by atoms with Gasteiger partial charge in [-0.15, -0.1) is 0 Å². The number of amides is 1. The van der Waals surface area contributed by atoms with E-state index in [-0.39, 0.29) is 16.8 Å². The van der Waals surface area contributed by atoms with Crippen LogP contribution in [0.4, 0.5) is 0 Å². The number of halogens is 1. The second-order valence-corrected chi connectivity index (χ2v) is 6.54. The van der Waals surface area contributed by atoms with Crippen LogP contribution in [-0.4, -0.2) is 29.0 Å². The number of hydrogen-bond acceptors (Lipinski definition) is 6. The number of rotatable bonds is 5. The highest BCUT2D eigenvalue weighted by atomic mass is 35.5. The molecular weight excluding hydrogens is 406 g/mol. The summed E-state index contributed by atoms with van der Waals surface area (Å²) < 4.78 is 6.24. The SMILES string of the molecule is COc1ccccc1-n1nc(C(=O)N/N=C/c2cccc(Cl)c2)c(C)c(C#N)c1=O. The number of hydrogen-bond donors (Lipinski definition) is 1. The first kappa shape index (κ1) is 20.8. The molecule has 0 fully saturated rings. The van der Waals surface area contributed by atoms with Crippen LogP contribution in [0.5, 0.6) is 5.75 Å². The van der Waals surface area contributed by atoms with Gasteiger partial charge in [-0.2, -0.15) is 20.1 Å². The van der Waals surface area contributed by atoms with Gasteiger partial charge in [0.25, 0.3) is 11.5 Å². The van der Waals surface area contributed by atoms with Crippen molar-refractivity contribution < 1.29 is 9.53 Å². The lowest BCUT2D eigenvalue weighted by atomic mass is 10.1. The number of carbonyl (C=O) groups is 1. The van der Waals surface area contributed by atoms with Gasteiger partial charge in [-0.05, 0) is 36.8 Å². The number of nitrogens with one attached hydrogen (secondary N) is 1. The number of benzene rings is 2. The van der Waals surface area contributed by atoms with E-state index in [4.69, 9.17) is 16.3 Å².